The lowest BCUT2D eigenvalue weighted by Crippen LogP contribution is -2.16. The molecule has 1 aromatic heterocycles. The summed E-state index contributed by atoms with van der Waals surface area (Å²) in [5, 5.41) is 0. The van der Waals surface area contributed by atoms with Gasteiger partial charge in [0.2, 0.25) is 0 Å². The standard InChI is InChI=1S/C17H19F3N2O/c18-17(19,20)12-8-9-13-15(10-12)22-16(23)14(21-13)5-3-1-2-4-11-6-7-11/h8-11H,1-7H2,(H,22,23). The average Bonchev–Trinajstić information content (AvgIpc) is 3.30. The number of benzene rings is 1. The molecule has 0 amide bonds. The van der Waals surface area contributed by atoms with E-state index in [1.807, 2.05) is 0 Å². The molecule has 1 heterocycles. The minimum absolute atomic E-state index is 0.127. The highest BCUT2D eigenvalue weighted by atomic mass is 19.4. The summed E-state index contributed by atoms with van der Waals surface area (Å²) in [6.45, 7) is 0. The summed E-state index contributed by atoms with van der Waals surface area (Å²) < 4.78 is 38.1. The second-order valence-electron chi connectivity index (χ2n) is 6.29. The second kappa shape index (κ2) is 6.34. The Labute approximate surface area is 131 Å². The Morgan fingerprint density at radius 2 is 1.96 bits per heavy atom. The highest BCUT2D eigenvalue weighted by Crippen LogP contribution is 2.34. The molecule has 3 nitrogen and oxygen atoms in total. The van der Waals surface area contributed by atoms with Gasteiger partial charge in [-0.15, -0.1) is 0 Å². The molecule has 23 heavy (non-hydrogen) atoms. The number of rotatable bonds is 6. The predicted molar refractivity (Wildman–Crippen MR) is 82.3 cm³/mol. The number of hydrogen-bond donors (Lipinski definition) is 1. The SMILES string of the molecule is O=c1[nH]c2cc(C(F)(F)F)ccc2nc1CCCCCC1CC1. The van der Waals surface area contributed by atoms with Crippen molar-refractivity contribution in [2.75, 3.05) is 0 Å². The lowest BCUT2D eigenvalue weighted by Gasteiger charge is -2.08. The Hall–Kier alpha value is -1.85. The minimum atomic E-state index is -4.43. The summed E-state index contributed by atoms with van der Waals surface area (Å²) >= 11 is 0. The number of aryl methyl sites for hydroxylation is 1. The van der Waals surface area contributed by atoms with Crippen LogP contribution in [0.25, 0.3) is 11.0 Å². The number of H-pyrrole nitrogens is 1. The predicted octanol–water partition coefficient (Wildman–Crippen LogP) is 4.45. The van der Waals surface area contributed by atoms with Gasteiger partial charge in [-0.05, 0) is 37.0 Å². The zero-order chi connectivity index (χ0) is 16.4. The maximum atomic E-state index is 12.7. The van der Waals surface area contributed by atoms with E-state index in [1.165, 1.54) is 31.7 Å². The van der Waals surface area contributed by atoms with Crippen molar-refractivity contribution in [1.82, 2.24) is 9.97 Å². The minimum Gasteiger partial charge on any atom is -0.319 e. The monoisotopic (exact) mass is 324 g/mol. The summed E-state index contributed by atoms with van der Waals surface area (Å²) in [7, 11) is 0. The van der Waals surface area contributed by atoms with Gasteiger partial charge in [0.25, 0.3) is 5.56 Å². The molecule has 1 aliphatic rings. The van der Waals surface area contributed by atoms with E-state index >= 15 is 0 Å². The summed E-state index contributed by atoms with van der Waals surface area (Å²) in [5.41, 5.74) is -0.245. The van der Waals surface area contributed by atoms with Crippen LogP contribution in [0.15, 0.2) is 23.0 Å². The first-order chi connectivity index (χ1) is 10.9. The van der Waals surface area contributed by atoms with E-state index in [0.717, 1.165) is 30.9 Å². The molecule has 1 saturated carbocycles. The van der Waals surface area contributed by atoms with E-state index in [4.69, 9.17) is 0 Å². The van der Waals surface area contributed by atoms with Crippen molar-refractivity contribution in [2.24, 2.45) is 5.92 Å². The third kappa shape index (κ3) is 4.12. The van der Waals surface area contributed by atoms with Crippen molar-refractivity contribution in [3.05, 3.63) is 39.8 Å². The third-order valence-electron chi connectivity index (χ3n) is 4.31. The van der Waals surface area contributed by atoms with Gasteiger partial charge in [0.15, 0.2) is 0 Å². The van der Waals surface area contributed by atoms with Crippen LogP contribution in [0.5, 0.6) is 0 Å². The average molecular weight is 324 g/mol. The van der Waals surface area contributed by atoms with Crippen LogP contribution < -0.4 is 5.56 Å². The van der Waals surface area contributed by atoms with Crippen molar-refractivity contribution in [1.29, 1.82) is 0 Å². The molecular weight excluding hydrogens is 305 g/mol. The molecule has 1 N–H and O–H groups in total. The molecule has 0 aliphatic heterocycles. The number of halogens is 3. The number of unbranched alkanes of at least 4 members (excludes halogenated alkanes) is 2. The number of nitrogens with zero attached hydrogens (tertiary/aromatic N) is 1. The quantitative estimate of drug-likeness (QED) is 0.798. The molecular formula is C17H19F3N2O. The van der Waals surface area contributed by atoms with Crippen LogP contribution in [0.3, 0.4) is 0 Å². The van der Waals surface area contributed by atoms with Crippen molar-refractivity contribution >= 4 is 11.0 Å². The third-order valence-corrected chi connectivity index (χ3v) is 4.31. The number of alkyl halides is 3. The molecule has 6 heteroatoms. The van der Waals surface area contributed by atoms with Gasteiger partial charge in [0.1, 0.15) is 5.69 Å². The van der Waals surface area contributed by atoms with Crippen molar-refractivity contribution in [3.8, 4) is 0 Å². The molecule has 0 unspecified atom stereocenters. The van der Waals surface area contributed by atoms with E-state index < -0.39 is 11.7 Å². The van der Waals surface area contributed by atoms with Crippen LogP contribution in [0, 0.1) is 5.92 Å². The second-order valence-corrected chi connectivity index (χ2v) is 6.29. The van der Waals surface area contributed by atoms with Crippen LogP contribution in [-0.2, 0) is 12.6 Å². The maximum absolute atomic E-state index is 12.7. The van der Waals surface area contributed by atoms with Gasteiger partial charge < -0.3 is 4.98 Å². The van der Waals surface area contributed by atoms with Crippen molar-refractivity contribution < 1.29 is 13.2 Å². The number of hydrogen-bond acceptors (Lipinski definition) is 2. The van der Waals surface area contributed by atoms with Crippen LogP contribution in [0.1, 0.15) is 49.8 Å². The Kier molecular flexibility index (Phi) is 4.41. The molecule has 2 aromatic rings. The molecule has 0 saturated heterocycles. The van der Waals surface area contributed by atoms with Crippen LogP contribution in [-0.4, -0.2) is 9.97 Å². The van der Waals surface area contributed by atoms with E-state index in [1.54, 1.807) is 0 Å². The van der Waals surface area contributed by atoms with Gasteiger partial charge in [-0.1, -0.05) is 32.1 Å². The molecule has 0 bridgehead atoms. The van der Waals surface area contributed by atoms with Gasteiger partial charge in [0, 0.05) is 0 Å². The first-order valence-electron chi connectivity index (χ1n) is 8.03. The topological polar surface area (TPSA) is 45.8 Å². The van der Waals surface area contributed by atoms with Gasteiger partial charge >= 0.3 is 6.18 Å². The van der Waals surface area contributed by atoms with E-state index in [-0.39, 0.29) is 11.1 Å². The molecule has 1 fully saturated rings. The largest absolute Gasteiger partial charge is 0.416 e. The fourth-order valence-electron chi connectivity index (χ4n) is 2.78. The Balaban J connectivity index is 1.69. The smallest absolute Gasteiger partial charge is 0.319 e. The fourth-order valence-corrected chi connectivity index (χ4v) is 2.78. The number of nitrogens with one attached hydrogen (secondary N) is 1. The van der Waals surface area contributed by atoms with Gasteiger partial charge in [-0.3, -0.25) is 4.79 Å². The van der Waals surface area contributed by atoms with E-state index in [0.29, 0.717) is 17.6 Å². The van der Waals surface area contributed by atoms with E-state index in [9.17, 15) is 18.0 Å². The molecule has 1 aliphatic carbocycles. The highest BCUT2D eigenvalue weighted by Gasteiger charge is 2.30. The molecule has 124 valence electrons. The lowest BCUT2D eigenvalue weighted by atomic mass is 10.1. The van der Waals surface area contributed by atoms with Crippen molar-refractivity contribution in [3.63, 3.8) is 0 Å². The van der Waals surface area contributed by atoms with Crippen LogP contribution in [0.4, 0.5) is 13.2 Å². The molecule has 0 atom stereocenters. The van der Waals surface area contributed by atoms with Crippen LogP contribution in [0.2, 0.25) is 0 Å². The summed E-state index contributed by atoms with van der Waals surface area (Å²) in [6, 6.07) is 3.24. The van der Waals surface area contributed by atoms with Crippen molar-refractivity contribution in [2.45, 2.75) is 51.1 Å². The number of aromatic amines is 1. The zero-order valence-electron chi connectivity index (χ0n) is 12.7. The summed E-state index contributed by atoms with van der Waals surface area (Å²) in [6.07, 6.45) is 3.23. The van der Waals surface area contributed by atoms with Gasteiger partial charge in [-0.25, -0.2) is 4.98 Å². The first kappa shape index (κ1) is 16.0. The highest BCUT2D eigenvalue weighted by molar-refractivity contribution is 5.75. The Morgan fingerprint density at radius 1 is 1.17 bits per heavy atom. The van der Waals surface area contributed by atoms with Crippen LogP contribution >= 0.6 is 0 Å². The Bertz CT molecular complexity index is 748. The van der Waals surface area contributed by atoms with Gasteiger partial charge in [0.05, 0.1) is 16.6 Å². The fraction of sp³-hybridized carbons (Fsp3) is 0.529. The zero-order valence-corrected chi connectivity index (χ0v) is 12.7. The van der Waals surface area contributed by atoms with E-state index in [2.05, 4.69) is 9.97 Å². The van der Waals surface area contributed by atoms with Gasteiger partial charge in [-0.2, -0.15) is 13.2 Å². The number of aromatic nitrogens is 2. The molecule has 0 radical (unpaired) electrons. The molecule has 0 spiro atoms. The Morgan fingerprint density at radius 3 is 2.65 bits per heavy atom. The number of fused-ring (bicyclic) bond motifs is 1. The summed E-state index contributed by atoms with van der Waals surface area (Å²) in [5.74, 6) is 0.917. The lowest BCUT2D eigenvalue weighted by molar-refractivity contribution is -0.137. The first-order valence-corrected chi connectivity index (χ1v) is 8.03. The maximum Gasteiger partial charge on any atom is 0.416 e. The molecule has 1 aromatic carbocycles. The molecule has 3 rings (SSSR count). The normalized spacial score (nSPS) is 15.3. The summed E-state index contributed by atoms with van der Waals surface area (Å²) in [4.78, 5) is 18.7.